The monoisotopic (exact) mass is 257 g/mol. The molecule has 2 amide bonds. The fraction of sp³-hybridized carbons (Fsp3) is 0.833. The quantitative estimate of drug-likeness (QED) is 0.709. The Morgan fingerprint density at radius 1 is 1.39 bits per heavy atom. The van der Waals surface area contributed by atoms with Crippen molar-refractivity contribution in [2.45, 2.75) is 38.3 Å². The van der Waals surface area contributed by atoms with E-state index in [4.69, 9.17) is 10.5 Å². The highest BCUT2D eigenvalue weighted by Crippen LogP contribution is 2.11. The summed E-state index contributed by atoms with van der Waals surface area (Å²) in [5.41, 5.74) is 4.86. The molecule has 0 bridgehead atoms. The minimum Gasteiger partial charge on any atom is -0.375 e. The average molecular weight is 257 g/mol. The second-order valence-corrected chi connectivity index (χ2v) is 5.28. The van der Waals surface area contributed by atoms with Crippen LogP contribution in [0.2, 0.25) is 0 Å². The molecule has 0 unspecified atom stereocenters. The number of hydrogen-bond donors (Lipinski definition) is 2. The first-order chi connectivity index (χ1) is 8.34. The van der Waals surface area contributed by atoms with E-state index < -0.39 is 5.54 Å². The van der Waals surface area contributed by atoms with E-state index >= 15 is 0 Å². The maximum Gasteiger partial charge on any atom is 0.248 e. The fourth-order valence-electron chi connectivity index (χ4n) is 1.86. The third-order valence-corrected chi connectivity index (χ3v) is 3.04. The molecule has 6 heteroatoms. The molecule has 1 fully saturated rings. The molecule has 18 heavy (non-hydrogen) atoms. The number of hydrogen-bond acceptors (Lipinski definition) is 4. The van der Waals surface area contributed by atoms with Gasteiger partial charge in [0.15, 0.2) is 0 Å². The number of likely N-dealkylation sites (tertiary alicyclic amines) is 1. The summed E-state index contributed by atoms with van der Waals surface area (Å²) in [5, 5.41) is 2.92. The van der Waals surface area contributed by atoms with Crippen LogP contribution in [0.1, 0.15) is 26.7 Å². The van der Waals surface area contributed by atoms with Crippen LogP contribution in [0.25, 0.3) is 0 Å². The van der Waals surface area contributed by atoms with Crippen molar-refractivity contribution in [1.82, 2.24) is 10.2 Å². The van der Waals surface area contributed by atoms with E-state index in [0.717, 1.165) is 12.8 Å². The molecule has 0 atom stereocenters. The zero-order valence-electron chi connectivity index (χ0n) is 11.4. The Balaban J connectivity index is 2.36. The van der Waals surface area contributed by atoms with Crippen molar-refractivity contribution in [3.63, 3.8) is 0 Å². The molecule has 0 aromatic carbocycles. The number of methoxy groups -OCH3 is 1. The second-order valence-electron chi connectivity index (χ2n) is 5.28. The molecule has 3 N–H and O–H groups in total. The minimum absolute atomic E-state index is 0.00133. The van der Waals surface area contributed by atoms with Gasteiger partial charge in [-0.1, -0.05) is 0 Å². The molecule has 1 rings (SSSR count). The topological polar surface area (TPSA) is 84.7 Å². The van der Waals surface area contributed by atoms with Gasteiger partial charge in [0.25, 0.3) is 0 Å². The van der Waals surface area contributed by atoms with Gasteiger partial charge >= 0.3 is 0 Å². The summed E-state index contributed by atoms with van der Waals surface area (Å²) in [5.74, 6) is -0.148. The number of rotatable bonds is 4. The molecule has 0 aromatic rings. The molecule has 0 radical (unpaired) electrons. The van der Waals surface area contributed by atoms with E-state index in [2.05, 4.69) is 5.32 Å². The second kappa shape index (κ2) is 6.15. The Kier molecular flexibility index (Phi) is 5.10. The number of nitrogens with one attached hydrogen (secondary N) is 1. The van der Waals surface area contributed by atoms with E-state index in [1.165, 1.54) is 7.11 Å². The van der Waals surface area contributed by atoms with Gasteiger partial charge in [-0.25, -0.2) is 0 Å². The maximum atomic E-state index is 11.7. The number of ether oxygens (including phenoxy) is 1. The number of carbonyl (C=O) groups is 2. The van der Waals surface area contributed by atoms with Crippen molar-refractivity contribution in [2.24, 2.45) is 5.73 Å². The SMILES string of the molecule is COCC(=O)N1CCC(NC(=O)C(C)(C)N)CC1. The summed E-state index contributed by atoms with van der Waals surface area (Å²) < 4.78 is 4.82. The van der Waals surface area contributed by atoms with Gasteiger partial charge in [0.05, 0.1) is 5.54 Å². The highest BCUT2D eigenvalue weighted by atomic mass is 16.5. The average Bonchev–Trinajstić information content (AvgIpc) is 2.29. The van der Waals surface area contributed by atoms with Crippen LogP contribution in [0.5, 0.6) is 0 Å². The summed E-state index contributed by atoms with van der Waals surface area (Å²) in [6.07, 6.45) is 1.52. The highest BCUT2D eigenvalue weighted by Gasteiger charge is 2.28. The van der Waals surface area contributed by atoms with Crippen LogP contribution in [-0.4, -0.2) is 55.1 Å². The Morgan fingerprint density at radius 3 is 2.39 bits per heavy atom. The number of nitrogens with zero attached hydrogens (tertiary/aromatic N) is 1. The Bertz CT molecular complexity index is 304. The Labute approximate surface area is 108 Å². The van der Waals surface area contributed by atoms with Gasteiger partial charge in [-0.05, 0) is 26.7 Å². The molecule has 1 aliphatic rings. The van der Waals surface area contributed by atoms with Crippen molar-refractivity contribution in [3.05, 3.63) is 0 Å². The van der Waals surface area contributed by atoms with Gasteiger partial charge in [0, 0.05) is 26.2 Å². The molecule has 0 aromatic heterocycles. The van der Waals surface area contributed by atoms with E-state index in [9.17, 15) is 9.59 Å². The van der Waals surface area contributed by atoms with Crippen LogP contribution < -0.4 is 11.1 Å². The molecule has 1 saturated heterocycles. The van der Waals surface area contributed by atoms with Crippen molar-refractivity contribution >= 4 is 11.8 Å². The van der Waals surface area contributed by atoms with Gasteiger partial charge in [0.1, 0.15) is 6.61 Å². The Hall–Kier alpha value is -1.14. The highest BCUT2D eigenvalue weighted by molar-refractivity contribution is 5.85. The first-order valence-electron chi connectivity index (χ1n) is 6.21. The summed E-state index contributed by atoms with van der Waals surface area (Å²) >= 11 is 0. The zero-order valence-corrected chi connectivity index (χ0v) is 11.4. The van der Waals surface area contributed by atoms with Crippen LogP contribution in [0.15, 0.2) is 0 Å². The summed E-state index contributed by atoms with van der Waals surface area (Å²) in [4.78, 5) is 25.1. The van der Waals surface area contributed by atoms with E-state index in [-0.39, 0.29) is 24.5 Å². The maximum absolute atomic E-state index is 11.7. The van der Waals surface area contributed by atoms with Crippen molar-refractivity contribution in [2.75, 3.05) is 26.8 Å². The number of nitrogens with two attached hydrogens (primary N) is 1. The lowest BCUT2D eigenvalue weighted by Gasteiger charge is -2.33. The molecular formula is C12H23N3O3. The molecule has 104 valence electrons. The third kappa shape index (κ3) is 4.27. The largest absolute Gasteiger partial charge is 0.375 e. The molecule has 0 spiro atoms. The van der Waals surface area contributed by atoms with E-state index in [1.807, 2.05) is 0 Å². The first kappa shape index (κ1) is 14.9. The zero-order chi connectivity index (χ0) is 13.8. The predicted octanol–water partition coefficient (Wildman–Crippen LogP) is -0.523. The van der Waals surface area contributed by atoms with Crippen LogP contribution in [0.3, 0.4) is 0 Å². The smallest absolute Gasteiger partial charge is 0.248 e. The molecule has 1 heterocycles. The normalized spacial score (nSPS) is 17.7. The number of piperidine rings is 1. The first-order valence-corrected chi connectivity index (χ1v) is 6.21. The summed E-state index contributed by atoms with van der Waals surface area (Å²) in [6, 6.07) is 0.104. The molecule has 6 nitrogen and oxygen atoms in total. The lowest BCUT2D eigenvalue weighted by molar-refractivity contribution is -0.136. The van der Waals surface area contributed by atoms with Crippen molar-refractivity contribution in [1.29, 1.82) is 0 Å². The van der Waals surface area contributed by atoms with Crippen molar-refractivity contribution < 1.29 is 14.3 Å². The van der Waals surface area contributed by atoms with Crippen LogP contribution in [0.4, 0.5) is 0 Å². The van der Waals surface area contributed by atoms with Crippen LogP contribution in [-0.2, 0) is 14.3 Å². The number of carbonyl (C=O) groups excluding carboxylic acids is 2. The fourth-order valence-corrected chi connectivity index (χ4v) is 1.86. The molecule has 0 saturated carbocycles. The van der Waals surface area contributed by atoms with Crippen LogP contribution in [0, 0.1) is 0 Å². The van der Waals surface area contributed by atoms with E-state index in [1.54, 1.807) is 18.7 Å². The molecular weight excluding hydrogens is 234 g/mol. The van der Waals surface area contributed by atoms with Gasteiger partial charge in [-0.15, -0.1) is 0 Å². The standard InChI is InChI=1S/C12H23N3O3/c1-12(2,13)11(17)14-9-4-6-15(7-5-9)10(16)8-18-3/h9H,4-8,13H2,1-3H3,(H,14,17). The third-order valence-electron chi connectivity index (χ3n) is 3.04. The van der Waals surface area contributed by atoms with Gasteiger partial charge in [-0.3, -0.25) is 9.59 Å². The van der Waals surface area contributed by atoms with Crippen molar-refractivity contribution in [3.8, 4) is 0 Å². The summed E-state index contributed by atoms with van der Waals surface area (Å²) in [6.45, 7) is 4.78. The lowest BCUT2D eigenvalue weighted by atomic mass is 10.0. The lowest BCUT2D eigenvalue weighted by Crippen LogP contribution is -2.54. The molecule has 0 aliphatic carbocycles. The summed E-state index contributed by atoms with van der Waals surface area (Å²) in [7, 11) is 1.51. The van der Waals surface area contributed by atoms with Crippen LogP contribution >= 0.6 is 0 Å². The van der Waals surface area contributed by atoms with E-state index in [0.29, 0.717) is 13.1 Å². The number of amides is 2. The van der Waals surface area contributed by atoms with Gasteiger partial charge in [-0.2, -0.15) is 0 Å². The Morgan fingerprint density at radius 2 is 1.94 bits per heavy atom. The van der Waals surface area contributed by atoms with Gasteiger partial charge < -0.3 is 20.7 Å². The predicted molar refractivity (Wildman–Crippen MR) is 67.9 cm³/mol. The van der Waals surface area contributed by atoms with Gasteiger partial charge in [0.2, 0.25) is 11.8 Å². The minimum atomic E-state index is -0.858. The molecule has 1 aliphatic heterocycles.